The molecule has 1 heterocycles. The van der Waals surface area contributed by atoms with Crippen molar-refractivity contribution in [2.24, 2.45) is 5.41 Å². The summed E-state index contributed by atoms with van der Waals surface area (Å²) in [6.45, 7) is 6.93. The lowest BCUT2D eigenvalue weighted by molar-refractivity contribution is -0.160. The zero-order valence-electron chi connectivity index (χ0n) is 9.10. The van der Waals surface area contributed by atoms with Crippen molar-refractivity contribution < 1.29 is 23.9 Å². The zero-order valence-corrected chi connectivity index (χ0v) is 9.10. The summed E-state index contributed by atoms with van der Waals surface area (Å²) < 4.78 is 9.69. The zero-order chi connectivity index (χ0) is 12.3. The highest BCUT2D eigenvalue weighted by Crippen LogP contribution is 2.30. The minimum atomic E-state index is -0.989. The Kier molecular flexibility index (Phi) is 3.25. The Bertz CT molecular complexity index is 394. The van der Waals surface area contributed by atoms with E-state index in [0.717, 1.165) is 6.08 Å². The third kappa shape index (κ3) is 2.17. The van der Waals surface area contributed by atoms with Crippen LogP contribution in [0.4, 0.5) is 0 Å². The first-order chi connectivity index (χ1) is 7.42. The van der Waals surface area contributed by atoms with Gasteiger partial charge >= 0.3 is 17.7 Å². The van der Waals surface area contributed by atoms with Crippen LogP contribution < -0.4 is 0 Å². The van der Waals surface area contributed by atoms with Crippen molar-refractivity contribution in [3.8, 4) is 0 Å². The lowest BCUT2D eigenvalue weighted by atomic mass is 9.90. The minimum absolute atomic E-state index is 0.184. The SMILES string of the molecule is C=CC(=[N+]=[N-])C(=O)O[C@H]1C(=O)OCC1(C)C. The van der Waals surface area contributed by atoms with Crippen molar-refractivity contribution in [2.75, 3.05) is 6.61 Å². The molecule has 1 aliphatic heterocycles. The van der Waals surface area contributed by atoms with Crippen LogP contribution >= 0.6 is 0 Å². The van der Waals surface area contributed by atoms with E-state index in [9.17, 15) is 9.59 Å². The highest BCUT2D eigenvalue weighted by Gasteiger charge is 2.47. The molecule has 0 radical (unpaired) electrons. The van der Waals surface area contributed by atoms with Gasteiger partial charge < -0.3 is 15.0 Å². The third-order valence-electron chi connectivity index (χ3n) is 2.25. The van der Waals surface area contributed by atoms with E-state index in [0.29, 0.717) is 0 Å². The second-order valence-electron chi connectivity index (χ2n) is 4.07. The van der Waals surface area contributed by atoms with Gasteiger partial charge in [-0.3, -0.25) is 0 Å². The van der Waals surface area contributed by atoms with E-state index in [4.69, 9.17) is 15.0 Å². The van der Waals surface area contributed by atoms with Gasteiger partial charge in [0.15, 0.2) is 0 Å². The molecule has 1 aliphatic rings. The Morgan fingerprint density at radius 2 is 2.38 bits per heavy atom. The number of carbonyl (C=O) groups is 2. The van der Waals surface area contributed by atoms with Crippen molar-refractivity contribution in [1.29, 1.82) is 0 Å². The molecule has 1 rings (SSSR count). The van der Waals surface area contributed by atoms with Gasteiger partial charge in [-0.25, -0.2) is 9.59 Å². The predicted octanol–water partition coefficient (Wildman–Crippen LogP) is 0.338. The number of carbonyl (C=O) groups excluding carboxylic acids is 2. The first-order valence-corrected chi connectivity index (χ1v) is 4.64. The summed E-state index contributed by atoms with van der Waals surface area (Å²) in [6.07, 6.45) is 0.0482. The Balaban J connectivity index is 2.81. The lowest BCUT2D eigenvalue weighted by Gasteiger charge is -2.20. The number of esters is 2. The molecule has 0 aromatic rings. The van der Waals surface area contributed by atoms with Gasteiger partial charge in [-0.2, -0.15) is 4.79 Å². The Hall–Kier alpha value is -1.94. The van der Waals surface area contributed by atoms with E-state index in [1.165, 1.54) is 0 Å². The van der Waals surface area contributed by atoms with Gasteiger partial charge in [0.2, 0.25) is 6.10 Å². The molecule has 0 aromatic heterocycles. The van der Waals surface area contributed by atoms with E-state index >= 15 is 0 Å². The van der Waals surface area contributed by atoms with Crippen molar-refractivity contribution >= 4 is 17.7 Å². The minimum Gasteiger partial charge on any atom is -0.462 e. The van der Waals surface area contributed by atoms with E-state index < -0.39 is 23.5 Å². The van der Waals surface area contributed by atoms with Gasteiger partial charge in [-0.1, -0.05) is 20.4 Å². The Morgan fingerprint density at radius 1 is 1.75 bits per heavy atom. The highest BCUT2D eigenvalue weighted by molar-refractivity contribution is 6.38. The van der Waals surface area contributed by atoms with Crippen LogP contribution in [-0.2, 0) is 19.1 Å². The summed E-state index contributed by atoms with van der Waals surface area (Å²) in [5, 5.41) is 0. The molecular weight excluding hydrogens is 212 g/mol. The van der Waals surface area contributed by atoms with E-state index in [1.807, 2.05) is 0 Å². The van der Waals surface area contributed by atoms with Crippen LogP contribution in [0.3, 0.4) is 0 Å². The molecule has 6 heteroatoms. The van der Waals surface area contributed by atoms with E-state index in [1.54, 1.807) is 13.8 Å². The highest BCUT2D eigenvalue weighted by atomic mass is 16.6. The quantitative estimate of drug-likeness (QED) is 0.299. The van der Waals surface area contributed by atoms with Crippen LogP contribution in [0.1, 0.15) is 13.8 Å². The number of nitrogens with zero attached hydrogens (tertiary/aromatic N) is 2. The van der Waals surface area contributed by atoms with Crippen molar-refractivity contribution in [3.05, 3.63) is 18.2 Å². The number of rotatable bonds is 3. The molecule has 0 unspecified atom stereocenters. The summed E-state index contributed by atoms with van der Waals surface area (Å²) in [4.78, 5) is 25.4. The van der Waals surface area contributed by atoms with Crippen LogP contribution in [-0.4, -0.2) is 35.2 Å². The maximum Gasteiger partial charge on any atom is 0.422 e. The summed E-state index contributed by atoms with van der Waals surface area (Å²) in [6, 6.07) is 0. The molecule has 1 saturated heterocycles. The number of cyclic esters (lactones) is 1. The van der Waals surface area contributed by atoms with Crippen molar-refractivity contribution in [1.82, 2.24) is 0 Å². The molecule has 0 N–H and O–H groups in total. The van der Waals surface area contributed by atoms with Gasteiger partial charge in [0.1, 0.15) is 6.61 Å². The first-order valence-electron chi connectivity index (χ1n) is 4.64. The average molecular weight is 224 g/mol. The van der Waals surface area contributed by atoms with Crippen molar-refractivity contribution in [3.63, 3.8) is 0 Å². The topological polar surface area (TPSA) is 89.0 Å². The maximum atomic E-state index is 11.4. The van der Waals surface area contributed by atoms with Gasteiger partial charge in [0.25, 0.3) is 0 Å². The van der Waals surface area contributed by atoms with Crippen LogP contribution in [0.2, 0.25) is 0 Å². The molecule has 86 valence electrons. The summed E-state index contributed by atoms with van der Waals surface area (Å²) in [5.74, 6) is -1.51. The van der Waals surface area contributed by atoms with Gasteiger partial charge in [-0.05, 0) is 0 Å². The monoisotopic (exact) mass is 224 g/mol. The van der Waals surface area contributed by atoms with Crippen LogP contribution in [0.5, 0.6) is 0 Å². The molecule has 0 aliphatic carbocycles. The molecule has 0 spiro atoms. The van der Waals surface area contributed by atoms with Crippen LogP contribution in [0.25, 0.3) is 5.53 Å². The fraction of sp³-hybridized carbons (Fsp3) is 0.500. The summed E-state index contributed by atoms with van der Waals surface area (Å²) in [7, 11) is 0. The van der Waals surface area contributed by atoms with Gasteiger partial charge in [-0.15, -0.1) is 0 Å². The Morgan fingerprint density at radius 3 is 2.75 bits per heavy atom. The predicted molar refractivity (Wildman–Crippen MR) is 53.4 cm³/mol. The number of hydrogen-bond donors (Lipinski definition) is 0. The third-order valence-corrected chi connectivity index (χ3v) is 2.25. The standard InChI is InChI=1S/C10H12N2O4/c1-4-6(12-11)8(13)16-7-9(14)15-5-10(7,2)3/h4,7H,1,5H2,2-3H3/t7-/m0/s1. The second-order valence-corrected chi connectivity index (χ2v) is 4.07. The molecule has 0 bridgehead atoms. The molecule has 16 heavy (non-hydrogen) atoms. The summed E-state index contributed by atoms with van der Waals surface area (Å²) >= 11 is 0. The fourth-order valence-corrected chi connectivity index (χ4v) is 1.27. The molecule has 0 aromatic carbocycles. The average Bonchev–Trinajstić information content (AvgIpc) is 2.47. The number of hydrogen-bond acceptors (Lipinski definition) is 4. The lowest BCUT2D eigenvalue weighted by Crippen LogP contribution is -2.36. The molecule has 1 fully saturated rings. The second kappa shape index (κ2) is 4.28. The number of ether oxygens (including phenoxy) is 2. The first kappa shape index (κ1) is 12.1. The fourth-order valence-electron chi connectivity index (χ4n) is 1.27. The van der Waals surface area contributed by atoms with Crippen LogP contribution in [0, 0.1) is 5.41 Å². The van der Waals surface area contributed by atoms with E-state index in [-0.39, 0.29) is 12.3 Å². The molecule has 1 atom stereocenters. The normalized spacial score (nSPS) is 21.9. The molecule has 6 nitrogen and oxygen atoms in total. The molecule has 0 saturated carbocycles. The molecular formula is C10H12N2O4. The Labute approximate surface area is 92.5 Å². The smallest absolute Gasteiger partial charge is 0.422 e. The molecule has 0 amide bonds. The largest absolute Gasteiger partial charge is 0.462 e. The van der Waals surface area contributed by atoms with Gasteiger partial charge in [0.05, 0.1) is 0 Å². The van der Waals surface area contributed by atoms with Gasteiger partial charge in [0, 0.05) is 11.5 Å². The van der Waals surface area contributed by atoms with Crippen LogP contribution in [0.15, 0.2) is 12.7 Å². The maximum absolute atomic E-state index is 11.4. The van der Waals surface area contributed by atoms with E-state index in [2.05, 4.69) is 11.4 Å². The summed E-state index contributed by atoms with van der Waals surface area (Å²) in [5.41, 5.74) is 7.53. The van der Waals surface area contributed by atoms with Crippen molar-refractivity contribution in [2.45, 2.75) is 20.0 Å².